The molecule has 4 nitrogen and oxygen atoms in total. The minimum Gasteiger partial charge on any atom is -0.381 e. The summed E-state index contributed by atoms with van der Waals surface area (Å²) in [7, 11) is 1.82. The third-order valence-electron chi connectivity index (χ3n) is 4.22. The number of benzene rings is 1. The van der Waals surface area contributed by atoms with Crippen molar-refractivity contribution in [3.8, 4) is 0 Å². The van der Waals surface area contributed by atoms with Crippen LogP contribution in [0.3, 0.4) is 0 Å². The van der Waals surface area contributed by atoms with Gasteiger partial charge in [0.15, 0.2) is 5.96 Å². The number of ether oxygens (including phenoxy) is 1. The summed E-state index contributed by atoms with van der Waals surface area (Å²) < 4.78 is 5.63. The Balaban J connectivity index is 0.00000288. The minimum atomic E-state index is 0. The van der Waals surface area contributed by atoms with E-state index in [-0.39, 0.29) is 24.0 Å². The highest BCUT2D eigenvalue weighted by atomic mass is 127. The number of guanidine groups is 1. The Morgan fingerprint density at radius 3 is 2.62 bits per heavy atom. The molecule has 1 aliphatic carbocycles. The van der Waals surface area contributed by atoms with Crippen LogP contribution in [0.5, 0.6) is 0 Å². The van der Waals surface area contributed by atoms with Gasteiger partial charge in [0, 0.05) is 33.4 Å². The second-order valence-corrected chi connectivity index (χ2v) is 6.48. The fourth-order valence-electron chi connectivity index (χ4n) is 2.58. The predicted molar refractivity (Wildman–Crippen MR) is 113 cm³/mol. The Morgan fingerprint density at radius 2 is 1.96 bits per heavy atom. The Morgan fingerprint density at radius 1 is 1.21 bits per heavy atom. The van der Waals surface area contributed by atoms with E-state index in [1.807, 2.05) is 7.05 Å². The Labute approximate surface area is 163 Å². The average molecular weight is 445 g/mol. The molecule has 0 heterocycles. The molecule has 2 N–H and O–H groups in total. The van der Waals surface area contributed by atoms with Crippen molar-refractivity contribution >= 4 is 29.9 Å². The molecular weight excluding hydrogens is 413 g/mol. The van der Waals surface area contributed by atoms with Crippen LogP contribution in [0, 0.1) is 19.8 Å². The average Bonchev–Trinajstić information content (AvgIpc) is 3.35. The van der Waals surface area contributed by atoms with E-state index in [1.165, 1.54) is 29.5 Å². The molecule has 0 spiro atoms. The molecule has 0 amide bonds. The van der Waals surface area contributed by atoms with E-state index in [9.17, 15) is 0 Å². The maximum atomic E-state index is 5.63. The van der Waals surface area contributed by atoms with Crippen molar-refractivity contribution in [3.63, 3.8) is 0 Å². The van der Waals surface area contributed by atoms with Gasteiger partial charge in [0.2, 0.25) is 0 Å². The number of halogens is 1. The van der Waals surface area contributed by atoms with Crippen molar-refractivity contribution in [2.24, 2.45) is 10.9 Å². The predicted octanol–water partition coefficient (Wildman–Crippen LogP) is 3.45. The molecule has 0 aromatic heterocycles. The Bertz CT molecular complexity index is 515. The van der Waals surface area contributed by atoms with Gasteiger partial charge in [-0.1, -0.05) is 23.8 Å². The monoisotopic (exact) mass is 445 g/mol. The summed E-state index contributed by atoms with van der Waals surface area (Å²) in [4.78, 5) is 4.27. The first-order valence-electron chi connectivity index (χ1n) is 8.77. The second kappa shape index (κ2) is 11.7. The van der Waals surface area contributed by atoms with E-state index in [1.54, 1.807) is 0 Å². The molecule has 1 saturated carbocycles. The normalized spacial score (nSPS) is 14.2. The third-order valence-corrected chi connectivity index (χ3v) is 4.22. The van der Waals surface area contributed by atoms with Crippen molar-refractivity contribution in [1.82, 2.24) is 10.6 Å². The first-order valence-corrected chi connectivity index (χ1v) is 8.77. The summed E-state index contributed by atoms with van der Waals surface area (Å²) in [5.74, 6) is 1.72. The molecule has 1 aromatic rings. The van der Waals surface area contributed by atoms with Crippen LogP contribution in [-0.4, -0.2) is 39.3 Å². The van der Waals surface area contributed by atoms with Crippen LogP contribution in [-0.2, 0) is 11.2 Å². The molecule has 0 bridgehead atoms. The molecule has 0 unspecified atom stereocenters. The van der Waals surface area contributed by atoms with Crippen LogP contribution in [0.4, 0.5) is 0 Å². The lowest BCUT2D eigenvalue weighted by molar-refractivity contribution is 0.123. The van der Waals surface area contributed by atoms with Crippen LogP contribution in [0.2, 0.25) is 0 Å². The van der Waals surface area contributed by atoms with Crippen LogP contribution in [0.15, 0.2) is 23.2 Å². The highest BCUT2D eigenvalue weighted by Crippen LogP contribution is 2.28. The number of aliphatic imine (C=N–C) groups is 1. The summed E-state index contributed by atoms with van der Waals surface area (Å²) >= 11 is 0. The maximum absolute atomic E-state index is 5.63. The van der Waals surface area contributed by atoms with Crippen LogP contribution in [0.1, 0.15) is 36.0 Å². The van der Waals surface area contributed by atoms with Gasteiger partial charge in [-0.05, 0) is 56.6 Å². The minimum absolute atomic E-state index is 0. The van der Waals surface area contributed by atoms with Crippen molar-refractivity contribution in [2.75, 3.05) is 33.4 Å². The number of nitrogens with one attached hydrogen (secondary N) is 2. The Kier molecular flexibility index (Phi) is 10.3. The molecule has 2 rings (SSSR count). The molecule has 24 heavy (non-hydrogen) atoms. The summed E-state index contributed by atoms with van der Waals surface area (Å²) in [5, 5.41) is 6.72. The van der Waals surface area contributed by atoms with E-state index in [4.69, 9.17) is 4.74 Å². The highest BCUT2D eigenvalue weighted by Gasteiger charge is 2.20. The fraction of sp³-hybridized carbons (Fsp3) is 0.632. The summed E-state index contributed by atoms with van der Waals surface area (Å²) in [6, 6.07) is 6.64. The highest BCUT2D eigenvalue weighted by molar-refractivity contribution is 14.0. The number of hydrogen-bond donors (Lipinski definition) is 2. The molecule has 1 aromatic carbocycles. The molecule has 1 aliphatic rings. The van der Waals surface area contributed by atoms with E-state index < -0.39 is 0 Å². The number of hydrogen-bond acceptors (Lipinski definition) is 2. The SMILES string of the molecule is CN=C(NCCCOCC1CC1)NCCc1ccc(C)cc1C.I. The zero-order chi connectivity index (χ0) is 16.5. The molecule has 0 saturated heterocycles. The van der Waals surface area contributed by atoms with Gasteiger partial charge in [-0.3, -0.25) is 4.99 Å². The van der Waals surface area contributed by atoms with Crippen molar-refractivity contribution in [3.05, 3.63) is 34.9 Å². The third kappa shape index (κ3) is 8.33. The van der Waals surface area contributed by atoms with Crippen LogP contribution >= 0.6 is 24.0 Å². The second-order valence-electron chi connectivity index (χ2n) is 6.48. The van der Waals surface area contributed by atoms with E-state index >= 15 is 0 Å². The Hall–Kier alpha value is -0.820. The van der Waals surface area contributed by atoms with Crippen molar-refractivity contribution < 1.29 is 4.74 Å². The number of rotatable bonds is 9. The number of nitrogens with zero attached hydrogens (tertiary/aromatic N) is 1. The molecule has 0 atom stereocenters. The van der Waals surface area contributed by atoms with Gasteiger partial charge >= 0.3 is 0 Å². The van der Waals surface area contributed by atoms with E-state index in [0.717, 1.165) is 51.0 Å². The van der Waals surface area contributed by atoms with Gasteiger partial charge < -0.3 is 15.4 Å². The summed E-state index contributed by atoms with van der Waals surface area (Å²) in [6.07, 6.45) is 4.74. The molecule has 5 heteroatoms. The lowest BCUT2D eigenvalue weighted by atomic mass is 10.0. The number of aryl methyl sites for hydroxylation is 2. The molecule has 136 valence electrons. The smallest absolute Gasteiger partial charge is 0.190 e. The van der Waals surface area contributed by atoms with E-state index in [0.29, 0.717) is 0 Å². The molecular formula is C19H32IN3O. The van der Waals surface area contributed by atoms with Gasteiger partial charge in [-0.15, -0.1) is 24.0 Å². The molecule has 0 aliphatic heterocycles. The zero-order valence-corrected chi connectivity index (χ0v) is 17.6. The van der Waals surface area contributed by atoms with Gasteiger partial charge in [0.05, 0.1) is 0 Å². The van der Waals surface area contributed by atoms with Gasteiger partial charge in [-0.2, -0.15) is 0 Å². The molecule has 1 fully saturated rings. The van der Waals surface area contributed by atoms with Crippen molar-refractivity contribution in [1.29, 1.82) is 0 Å². The maximum Gasteiger partial charge on any atom is 0.190 e. The standard InChI is InChI=1S/C19H31N3O.HI/c1-15-5-8-18(16(2)13-15)9-11-22-19(20-3)21-10-4-12-23-14-17-6-7-17;/h5,8,13,17H,4,6-7,9-12,14H2,1-3H3,(H2,20,21,22);1H. The van der Waals surface area contributed by atoms with Crippen molar-refractivity contribution in [2.45, 2.75) is 39.5 Å². The van der Waals surface area contributed by atoms with Gasteiger partial charge in [-0.25, -0.2) is 0 Å². The topological polar surface area (TPSA) is 45.7 Å². The first kappa shape index (κ1) is 21.2. The van der Waals surface area contributed by atoms with E-state index in [2.05, 4.69) is 47.7 Å². The van der Waals surface area contributed by atoms with Crippen LogP contribution in [0.25, 0.3) is 0 Å². The lowest BCUT2D eigenvalue weighted by Crippen LogP contribution is -2.39. The zero-order valence-electron chi connectivity index (χ0n) is 15.2. The molecule has 0 radical (unpaired) electrons. The summed E-state index contributed by atoms with van der Waals surface area (Å²) in [6.45, 7) is 7.88. The summed E-state index contributed by atoms with van der Waals surface area (Å²) in [5.41, 5.74) is 4.08. The largest absolute Gasteiger partial charge is 0.381 e. The lowest BCUT2D eigenvalue weighted by Gasteiger charge is -2.13. The quantitative estimate of drug-likeness (QED) is 0.265. The van der Waals surface area contributed by atoms with Gasteiger partial charge in [0.1, 0.15) is 0 Å². The van der Waals surface area contributed by atoms with Crippen LogP contribution < -0.4 is 10.6 Å². The van der Waals surface area contributed by atoms with Gasteiger partial charge in [0.25, 0.3) is 0 Å². The fourth-order valence-corrected chi connectivity index (χ4v) is 2.58. The first-order chi connectivity index (χ1) is 11.2.